The Morgan fingerprint density at radius 3 is 2.52 bits per heavy atom. The molecule has 1 aromatic heterocycles. The van der Waals surface area contributed by atoms with Crippen LogP contribution in [-0.4, -0.2) is 20.9 Å². The molecule has 0 radical (unpaired) electrons. The average molecular weight is 408 g/mol. The lowest BCUT2D eigenvalue weighted by molar-refractivity contribution is -0.120. The Kier molecular flexibility index (Phi) is 5.08. The molecule has 6 nitrogen and oxygen atoms in total. The van der Waals surface area contributed by atoms with Gasteiger partial charge in [-0.1, -0.05) is 42.5 Å². The van der Waals surface area contributed by atoms with Crippen LogP contribution in [0.5, 0.6) is 0 Å². The van der Waals surface area contributed by atoms with Gasteiger partial charge in [-0.2, -0.15) is 0 Å². The maximum atomic E-state index is 12.4. The Bertz CT molecular complexity index is 1290. The van der Waals surface area contributed by atoms with Crippen LogP contribution in [0.4, 0.5) is 0 Å². The van der Waals surface area contributed by atoms with Crippen molar-refractivity contribution in [2.45, 2.75) is 17.7 Å². The maximum Gasteiger partial charge on any atom is 0.238 e. The predicted octanol–water partition coefficient (Wildman–Crippen LogP) is 3.13. The van der Waals surface area contributed by atoms with Crippen molar-refractivity contribution < 1.29 is 17.6 Å². The number of sulfonamides is 1. The van der Waals surface area contributed by atoms with Crippen LogP contribution in [0.1, 0.15) is 11.1 Å². The number of hydrogen-bond acceptors (Lipinski definition) is 4. The highest BCUT2D eigenvalue weighted by Crippen LogP contribution is 2.30. The molecule has 0 aliphatic rings. The van der Waals surface area contributed by atoms with Crippen LogP contribution in [0, 0.1) is 0 Å². The van der Waals surface area contributed by atoms with E-state index in [1.807, 2.05) is 36.4 Å². The largest absolute Gasteiger partial charge is 0.464 e. The molecule has 0 aliphatic carbocycles. The number of hydrogen-bond donors (Lipinski definition) is 2. The van der Waals surface area contributed by atoms with Crippen molar-refractivity contribution in [3.05, 3.63) is 78.1 Å². The van der Waals surface area contributed by atoms with Gasteiger partial charge in [-0.05, 0) is 41.0 Å². The molecular formula is C22H20N2O4S. The fourth-order valence-corrected chi connectivity index (χ4v) is 3.95. The first-order chi connectivity index (χ1) is 13.9. The Morgan fingerprint density at radius 1 is 1.00 bits per heavy atom. The topological polar surface area (TPSA) is 102 Å². The van der Waals surface area contributed by atoms with Crippen molar-refractivity contribution in [3.8, 4) is 0 Å². The van der Waals surface area contributed by atoms with Crippen LogP contribution >= 0.6 is 0 Å². The smallest absolute Gasteiger partial charge is 0.238 e. The van der Waals surface area contributed by atoms with Crippen LogP contribution in [0.2, 0.25) is 0 Å². The van der Waals surface area contributed by atoms with E-state index >= 15 is 0 Å². The third kappa shape index (κ3) is 4.16. The lowest BCUT2D eigenvalue weighted by atomic mass is 10.0. The van der Waals surface area contributed by atoms with E-state index in [0.717, 1.165) is 32.9 Å². The molecule has 29 heavy (non-hydrogen) atoms. The monoisotopic (exact) mass is 408 g/mol. The second-order valence-corrected chi connectivity index (χ2v) is 8.45. The van der Waals surface area contributed by atoms with Crippen LogP contribution in [-0.2, 0) is 27.7 Å². The average Bonchev–Trinajstić information content (AvgIpc) is 3.11. The van der Waals surface area contributed by atoms with Gasteiger partial charge < -0.3 is 9.73 Å². The molecule has 0 atom stereocenters. The van der Waals surface area contributed by atoms with E-state index in [2.05, 4.69) is 5.32 Å². The number of benzene rings is 3. The lowest BCUT2D eigenvalue weighted by Gasteiger charge is -2.06. The first-order valence-electron chi connectivity index (χ1n) is 9.18. The van der Waals surface area contributed by atoms with E-state index in [1.54, 1.807) is 18.4 Å². The van der Waals surface area contributed by atoms with Crippen LogP contribution in [0.3, 0.4) is 0 Å². The molecule has 7 heteroatoms. The molecule has 0 aliphatic heterocycles. The highest BCUT2D eigenvalue weighted by Gasteiger charge is 2.13. The zero-order valence-electron chi connectivity index (χ0n) is 15.6. The summed E-state index contributed by atoms with van der Waals surface area (Å²) in [5.41, 5.74) is 2.53. The fourth-order valence-electron chi connectivity index (χ4n) is 3.43. The van der Waals surface area contributed by atoms with Crippen molar-refractivity contribution in [2.24, 2.45) is 5.14 Å². The van der Waals surface area contributed by atoms with Crippen molar-refractivity contribution in [3.63, 3.8) is 0 Å². The molecule has 4 aromatic rings. The summed E-state index contributed by atoms with van der Waals surface area (Å²) < 4.78 is 28.2. The molecule has 3 aromatic carbocycles. The number of carbonyl (C=O) groups excluding carboxylic acids is 1. The minimum atomic E-state index is -3.69. The van der Waals surface area contributed by atoms with Crippen LogP contribution in [0.15, 0.2) is 76.2 Å². The van der Waals surface area contributed by atoms with E-state index in [-0.39, 0.29) is 17.2 Å². The highest BCUT2D eigenvalue weighted by atomic mass is 32.2. The van der Waals surface area contributed by atoms with E-state index in [1.165, 1.54) is 12.1 Å². The Labute approximate surface area is 168 Å². The fraction of sp³-hybridized carbons (Fsp3) is 0.136. The number of furan rings is 1. The molecule has 4 rings (SSSR count). The number of primary sulfonamides is 1. The summed E-state index contributed by atoms with van der Waals surface area (Å²) >= 11 is 0. The molecule has 3 N–H and O–H groups in total. The first-order valence-corrected chi connectivity index (χ1v) is 10.7. The number of amides is 1. The molecule has 0 saturated carbocycles. The van der Waals surface area contributed by atoms with Crippen LogP contribution < -0.4 is 10.5 Å². The van der Waals surface area contributed by atoms with Crippen molar-refractivity contribution in [1.82, 2.24) is 5.32 Å². The van der Waals surface area contributed by atoms with Gasteiger partial charge in [0, 0.05) is 17.5 Å². The molecule has 148 valence electrons. The molecule has 1 heterocycles. The first kappa shape index (κ1) is 19.2. The molecule has 0 spiro atoms. The molecular weight excluding hydrogens is 388 g/mol. The third-order valence-corrected chi connectivity index (χ3v) is 5.81. The summed E-state index contributed by atoms with van der Waals surface area (Å²) in [5.74, 6) is -0.0956. The zero-order chi connectivity index (χ0) is 20.4. The van der Waals surface area contributed by atoms with Crippen molar-refractivity contribution >= 4 is 37.7 Å². The van der Waals surface area contributed by atoms with E-state index in [0.29, 0.717) is 13.0 Å². The van der Waals surface area contributed by atoms with Gasteiger partial charge in [0.1, 0.15) is 5.58 Å². The van der Waals surface area contributed by atoms with E-state index < -0.39 is 10.0 Å². The second-order valence-electron chi connectivity index (χ2n) is 6.89. The van der Waals surface area contributed by atoms with Gasteiger partial charge in [0.2, 0.25) is 15.9 Å². The van der Waals surface area contributed by atoms with Gasteiger partial charge in [0.25, 0.3) is 0 Å². The van der Waals surface area contributed by atoms with E-state index in [9.17, 15) is 13.2 Å². The SMILES string of the molecule is NS(=O)(=O)c1ccc(CCNC(=O)Cc2coc3ccc4ccccc4c23)cc1. The second kappa shape index (κ2) is 7.69. The summed E-state index contributed by atoms with van der Waals surface area (Å²) in [6, 6.07) is 18.3. The van der Waals surface area contributed by atoms with E-state index in [4.69, 9.17) is 9.56 Å². The minimum Gasteiger partial charge on any atom is -0.464 e. The van der Waals surface area contributed by atoms with Gasteiger partial charge in [-0.25, -0.2) is 13.6 Å². The van der Waals surface area contributed by atoms with Gasteiger partial charge in [-0.15, -0.1) is 0 Å². The predicted molar refractivity (Wildman–Crippen MR) is 112 cm³/mol. The summed E-state index contributed by atoms with van der Waals surface area (Å²) in [5, 5.41) is 11.1. The maximum absolute atomic E-state index is 12.4. The number of fused-ring (bicyclic) bond motifs is 3. The Hall–Kier alpha value is -3.16. The summed E-state index contributed by atoms with van der Waals surface area (Å²) in [6.45, 7) is 0.448. The summed E-state index contributed by atoms with van der Waals surface area (Å²) in [6.07, 6.45) is 2.46. The molecule has 0 saturated heterocycles. The zero-order valence-corrected chi connectivity index (χ0v) is 16.4. The number of nitrogens with one attached hydrogen (secondary N) is 1. The third-order valence-electron chi connectivity index (χ3n) is 4.88. The van der Waals surface area contributed by atoms with Crippen molar-refractivity contribution in [2.75, 3.05) is 6.54 Å². The van der Waals surface area contributed by atoms with Crippen LogP contribution in [0.25, 0.3) is 21.7 Å². The normalized spacial score (nSPS) is 11.8. The number of rotatable bonds is 6. The standard InChI is InChI=1S/C22H20N2O4S/c23-29(26,27)18-8-5-15(6-9-18)11-12-24-21(25)13-17-14-28-20-10-7-16-3-1-2-4-19(16)22(17)20/h1-10,14H,11-13H2,(H,24,25)(H2,23,26,27). The molecule has 1 amide bonds. The summed E-state index contributed by atoms with van der Waals surface area (Å²) in [7, 11) is -3.69. The van der Waals surface area contributed by atoms with Gasteiger partial charge in [0.15, 0.2) is 0 Å². The van der Waals surface area contributed by atoms with Gasteiger partial charge in [-0.3, -0.25) is 4.79 Å². The Balaban J connectivity index is 1.41. The highest BCUT2D eigenvalue weighted by molar-refractivity contribution is 7.89. The van der Waals surface area contributed by atoms with Gasteiger partial charge >= 0.3 is 0 Å². The van der Waals surface area contributed by atoms with Crippen molar-refractivity contribution in [1.29, 1.82) is 0 Å². The molecule has 0 bridgehead atoms. The molecule has 0 unspecified atom stereocenters. The lowest BCUT2D eigenvalue weighted by Crippen LogP contribution is -2.27. The number of carbonyl (C=O) groups is 1. The van der Waals surface area contributed by atoms with Gasteiger partial charge in [0.05, 0.1) is 17.6 Å². The Morgan fingerprint density at radius 2 is 1.76 bits per heavy atom. The minimum absolute atomic E-state index is 0.0735. The molecule has 0 fully saturated rings. The number of nitrogens with two attached hydrogens (primary N) is 1. The quantitative estimate of drug-likeness (QED) is 0.512. The summed E-state index contributed by atoms with van der Waals surface area (Å²) in [4.78, 5) is 12.5.